The molecule has 7 heteroatoms. The van der Waals surface area contributed by atoms with Gasteiger partial charge in [-0.1, -0.05) is 48.0 Å². The Hall–Kier alpha value is -2.19. The van der Waals surface area contributed by atoms with Crippen molar-refractivity contribution in [2.75, 3.05) is 13.2 Å². The molecule has 6 nitrogen and oxygen atoms in total. The summed E-state index contributed by atoms with van der Waals surface area (Å²) in [7, 11) is -3.92. The Labute approximate surface area is 158 Å². The summed E-state index contributed by atoms with van der Waals surface area (Å²) in [6.45, 7) is 2.30. The second-order valence-electron chi connectivity index (χ2n) is 6.51. The average molecular weight is 388 g/mol. The van der Waals surface area contributed by atoms with E-state index < -0.39 is 22.5 Å². The van der Waals surface area contributed by atoms with Gasteiger partial charge < -0.3 is 18.4 Å². The van der Waals surface area contributed by atoms with E-state index in [1.54, 1.807) is 18.2 Å². The molecule has 1 unspecified atom stereocenters. The maximum atomic E-state index is 12.5. The van der Waals surface area contributed by atoms with Crippen molar-refractivity contribution < 1.29 is 26.8 Å². The van der Waals surface area contributed by atoms with Gasteiger partial charge in [0.15, 0.2) is 6.29 Å². The molecule has 0 saturated carbocycles. The maximum absolute atomic E-state index is 12.5. The molecule has 0 aliphatic carbocycles. The minimum absolute atomic E-state index is 0.0506. The van der Waals surface area contributed by atoms with Crippen molar-refractivity contribution in [1.29, 1.82) is 0 Å². The lowest BCUT2D eigenvalue weighted by atomic mass is 10.1. The van der Waals surface area contributed by atoms with Crippen LogP contribution in [-0.4, -0.2) is 33.8 Å². The van der Waals surface area contributed by atoms with Crippen LogP contribution in [0.15, 0.2) is 71.3 Å². The first-order valence-corrected chi connectivity index (χ1v) is 10.1. The fourth-order valence-corrected chi connectivity index (χ4v) is 3.94. The molecule has 4 rings (SSSR count). The van der Waals surface area contributed by atoms with Gasteiger partial charge in [0, 0.05) is 5.56 Å². The fourth-order valence-electron chi connectivity index (χ4n) is 2.99. The first kappa shape index (κ1) is 18.2. The first-order chi connectivity index (χ1) is 13.0. The smallest absolute Gasteiger partial charge is 0.338 e. The zero-order chi connectivity index (χ0) is 18.9. The lowest BCUT2D eigenvalue weighted by Crippen LogP contribution is -2.44. The molecule has 2 aliphatic rings. The predicted molar refractivity (Wildman–Crippen MR) is 97.3 cm³/mol. The predicted octanol–water partition coefficient (Wildman–Crippen LogP) is 3.10. The number of ether oxygens (including phenoxy) is 3. The molecule has 3 atom stereocenters. The number of rotatable bonds is 4. The van der Waals surface area contributed by atoms with Crippen LogP contribution in [0, 0.1) is 6.92 Å². The third-order valence-electron chi connectivity index (χ3n) is 4.45. The standard InChI is InChI=1S/C20H20O6S/c1-14-7-9-17(10-8-14)27(21,22)26-16-11-18-19(23-12-16)13-24-20(25-18)15-5-3-2-4-6-15/h2-11,18-20H,12-13H2,1H3/t18-,19+,20?/m0/s1. The Morgan fingerprint density at radius 3 is 2.48 bits per heavy atom. The Morgan fingerprint density at radius 2 is 1.74 bits per heavy atom. The normalized spacial score (nSPS) is 25.4. The van der Waals surface area contributed by atoms with Crippen LogP contribution < -0.4 is 0 Å². The van der Waals surface area contributed by atoms with Gasteiger partial charge >= 0.3 is 10.1 Å². The summed E-state index contributed by atoms with van der Waals surface area (Å²) in [4.78, 5) is 0.103. The minimum Gasteiger partial charge on any atom is -0.381 e. The molecule has 0 amide bonds. The summed E-state index contributed by atoms with van der Waals surface area (Å²) in [6, 6.07) is 16.1. The van der Waals surface area contributed by atoms with Crippen LogP contribution in [-0.2, 0) is 28.5 Å². The Kier molecular flexibility index (Phi) is 5.01. The maximum Gasteiger partial charge on any atom is 0.338 e. The monoisotopic (exact) mass is 388 g/mol. The molecule has 0 bridgehead atoms. The Bertz CT molecular complexity index is 921. The second-order valence-corrected chi connectivity index (χ2v) is 8.06. The molecule has 0 aromatic heterocycles. The summed E-state index contributed by atoms with van der Waals surface area (Å²) in [6.07, 6.45) is 0.402. The van der Waals surface area contributed by atoms with Crippen LogP contribution in [0.25, 0.3) is 0 Å². The molecule has 2 aliphatic heterocycles. The van der Waals surface area contributed by atoms with Crippen LogP contribution in [0.1, 0.15) is 17.4 Å². The molecule has 2 aromatic carbocycles. The van der Waals surface area contributed by atoms with E-state index in [1.807, 2.05) is 37.3 Å². The first-order valence-electron chi connectivity index (χ1n) is 8.67. The van der Waals surface area contributed by atoms with Crippen molar-refractivity contribution in [3.05, 3.63) is 77.6 Å². The minimum atomic E-state index is -3.92. The highest BCUT2D eigenvalue weighted by Crippen LogP contribution is 2.31. The van der Waals surface area contributed by atoms with E-state index in [9.17, 15) is 8.42 Å². The van der Waals surface area contributed by atoms with Crippen molar-refractivity contribution in [3.63, 3.8) is 0 Å². The molecular weight excluding hydrogens is 368 g/mol. The fraction of sp³-hybridized carbons (Fsp3) is 0.300. The highest BCUT2D eigenvalue weighted by molar-refractivity contribution is 7.86. The zero-order valence-electron chi connectivity index (χ0n) is 14.8. The van der Waals surface area contributed by atoms with E-state index in [-0.39, 0.29) is 23.4 Å². The number of fused-ring (bicyclic) bond motifs is 1. The van der Waals surface area contributed by atoms with E-state index >= 15 is 0 Å². The van der Waals surface area contributed by atoms with Gasteiger partial charge in [-0.15, -0.1) is 0 Å². The number of hydrogen-bond acceptors (Lipinski definition) is 6. The SMILES string of the molecule is Cc1ccc(S(=O)(=O)OC2=C[C@@H]3OC(c4ccccc4)OC[C@H]3OC2)cc1. The van der Waals surface area contributed by atoms with Crippen LogP contribution in [0.2, 0.25) is 0 Å². The summed E-state index contributed by atoms with van der Waals surface area (Å²) in [5.41, 5.74) is 1.87. The molecule has 1 fully saturated rings. The van der Waals surface area contributed by atoms with E-state index in [0.29, 0.717) is 6.61 Å². The molecular formula is C20H20O6S. The van der Waals surface area contributed by atoms with Gasteiger partial charge in [0.2, 0.25) is 0 Å². The van der Waals surface area contributed by atoms with E-state index in [1.165, 1.54) is 12.1 Å². The van der Waals surface area contributed by atoms with Crippen LogP contribution in [0.5, 0.6) is 0 Å². The van der Waals surface area contributed by atoms with Crippen molar-refractivity contribution in [3.8, 4) is 0 Å². The summed E-state index contributed by atoms with van der Waals surface area (Å²) in [5.74, 6) is 0.213. The van der Waals surface area contributed by atoms with E-state index in [2.05, 4.69) is 0 Å². The molecule has 27 heavy (non-hydrogen) atoms. The van der Waals surface area contributed by atoms with Crippen LogP contribution >= 0.6 is 0 Å². The number of hydrogen-bond donors (Lipinski definition) is 0. The van der Waals surface area contributed by atoms with Gasteiger partial charge in [0.25, 0.3) is 0 Å². The molecule has 2 heterocycles. The van der Waals surface area contributed by atoms with Crippen molar-refractivity contribution in [2.45, 2.75) is 30.3 Å². The van der Waals surface area contributed by atoms with Crippen LogP contribution in [0.4, 0.5) is 0 Å². The summed E-state index contributed by atoms with van der Waals surface area (Å²) in [5, 5.41) is 0. The molecule has 2 aromatic rings. The summed E-state index contributed by atoms with van der Waals surface area (Å²) < 4.78 is 47.6. The van der Waals surface area contributed by atoms with E-state index in [4.69, 9.17) is 18.4 Å². The molecule has 0 N–H and O–H groups in total. The van der Waals surface area contributed by atoms with Crippen LogP contribution in [0.3, 0.4) is 0 Å². The quantitative estimate of drug-likeness (QED) is 0.750. The van der Waals surface area contributed by atoms with Gasteiger partial charge in [-0.3, -0.25) is 0 Å². The van der Waals surface area contributed by atoms with Gasteiger partial charge in [-0.2, -0.15) is 8.42 Å². The number of benzene rings is 2. The average Bonchev–Trinajstić information content (AvgIpc) is 2.68. The van der Waals surface area contributed by atoms with Crippen molar-refractivity contribution in [1.82, 2.24) is 0 Å². The van der Waals surface area contributed by atoms with Gasteiger partial charge in [0.05, 0.1) is 6.61 Å². The third kappa shape index (κ3) is 4.06. The Morgan fingerprint density at radius 1 is 1.00 bits per heavy atom. The largest absolute Gasteiger partial charge is 0.381 e. The Balaban J connectivity index is 1.50. The molecule has 0 spiro atoms. The van der Waals surface area contributed by atoms with Crippen molar-refractivity contribution >= 4 is 10.1 Å². The second kappa shape index (κ2) is 7.44. The van der Waals surface area contributed by atoms with Gasteiger partial charge in [0.1, 0.15) is 29.5 Å². The summed E-state index contributed by atoms with van der Waals surface area (Å²) >= 11 is 0. The van der Waals surface area contributed by atoms with E-state index in [0.717, 1.165) is 11.1 Å². The lowest BCUT2D eigenvalue weighted by Gasteiger charge is -2.37. The number of aryl methyl sites for hydroxylation is 1. The molecule has 142 valence electrons. The lowest BCUT2D eigenvalue weighted by molar-refractivity contribution is -0.257. The third-order valence-corrected chi connectivity index (χ3v) is 5.73. The van der Waals surface area contributed by atoms with Gasteiger partial charge in [-0.25, -0.2) is 0 Å². The molecule has 1 saturated heterocycles. The van der Waals surface area contributed by atoms with Gasteiger partial charge in [-0.05, 0) is 25.1 Å². The van der Waals surface area contributed by atoms with Crippen molar-refractivity contribution in [2.24, 2.45) is 0 Å². The highest BCUT2D eigenvalue weighted by atomic mass is 32.2. The zero-order valence-corrected chi connectivity index (χ0v) is 15.6. The highest BCUT2D eigenvalue weighted by Gasteiger charge is 2.36. The topological polar surface area (TPSA) is 71.1 Å². The molecule has 0 radical (unpaired) electrons.